The largest absolute Gasteiger partial charge is 0.479 e. The Balaban J connectivity index is 1.20. The van der Waals surface area contributed by atoms with Gasteiger partial charge >= 0.3 is 12.1 Å². The van der Waals surface area contributed by atoms with Gasteiger partial charge in [-0.3, -0.25) is 4.79 Å². The summed E-state index contributed by atoms with van der Waals surface area (Å²) in [6.07, 6.45) is 0.675. The molecule has 3 aliphatic rings. The van der Waals surface area contributed by atoms with Gasteiger partial charge in [0.15, 0.2) is 6.10 Å². The first-order chi connectivity index (χ1) is 16.9. The van der Waals surface area contributed by atoms with Gasteiger partial charge in [0.2, 0.25) is 5.91 Å². The Kier molecular flexibility index (Phi) is 6.47. The SMILES string of the molecule is O=C(NC1C2CCC(C2)C1C(=O)NCC[C@H](O)C(=O)O)OCC1c2ccccc2-c2ccccc21. The quantitative estimate of drug-likeness (QED) is 0.462. The van der Waals surface area contributed by atoms with Gasteiger partial charge in [0.1, 0.15) is 6.61 Å². The van der Waals surface area contributed by atoms with E-state index >= 15 is 0 Å². The van der Waals surface area contributed by atoms with Crippen LogP contribution in [0.5, 0.6) is 0 Å². The average Bonchev–Trinajstić information content (AvgIpc) is 3.54. The molecule has 0 radical (unpaired) electrons. The monoisotopic (exact) mass is 478 g/mol. The van der Waals surface area contributed by atoms with Crippen LogP contribution < -0.4 is 10.6 Å². The molecular formula is C27H30N2O6. The highest BCUT2D eigenvalue weighted by Crippen LogP contribution is 2.49. The van der Waals surface area contributed by atoms with E-state index in [0.717, 1.165) is 41.5 Å². The fraction of sp³-hybridized carbons (Fsp3) is 0.444. The molecule has 184 valence electrons. The normalized spacial score (nSPS) is 24.9. The third-order valence-corrected chi connectivity index (χ3v) is 7.85. The van der Waals surface area contributed by atoms with Crippen molar-refractivity contribution in [3.63, 3.8) is 0 Å². The number of benzene rings is 2. The van der Waals surface area contributed by atoms with Crippen LogP contribution in [0.3, 0.4) is 0 Å². The van der Waals surface area contributed by atoms with Crippen LogP contribution in [0.15, 0.2) is 48.5 Å². The third-order valence-electron chi connectivity index (χ3n) is 7.85. The van der Waals surface area contributed by atoms with Crippen molar-refractivity contribution < 1.29 is 29.3 Å². The molecular weight excluding hydrogens is 448 g/mol. The van der Waals surface area contributed by atoms with E-state index < -0.39 is 18.2 Å². The predicted molar refractivity (Wildman–Crippen MR) is 128 cm³/mol. The average molecular weight is 479 g/mol. The topological polar surface area (TPSA) is 125 Å². The number of hydrogen-bond donors (Lipinski definition) is 4. The maximum atomic E-state index is 12.9. The zero-order chi connectivity index (χ0) is 24.5. The number of hydrogen-bond acceptors (Lipinski definition) is 5. The van der Waals surface area contributed by atoms with Gasteiger partial charge in [-0.15, -0.1) is 0 Å². The number of fused-ring (bicyclic) bond motifs is 5. The fourth-order valence-electron chi connectivity index (χ4n) is 6.23. The fourth-order valence-corrected chi connectivity index (χ4v) is 6.23. The number of rotatable bonds is 8. The molecule has 5 atom stereocenters. The summed E-state index contributed by atoms with van der Waals surface area (Å²) in [4.78, 5) is 36.5. The number of carbonyl (C=O) groups excluding carboxylic acids is 2. The third kappa shape index (κ3) is 4.50. The molecule has 3 aliphatic carbocycles. The molecule has 2 aromatic carbocycles. The lowest BCUT2D eigenvalue weighted by Gasteiger charge is -2.30. The summed E-state index contributed by atoms with van der Waals surface area (Å²) in [5.41, 5.74) is 4.61. The Morgan fingerprint density at radius 2 is 1.60 bits per heavy atom. The Hall–Kier alpha value is -3.39. The lowest BCUT2D eigenvalue weighted by molar-refractivity contribution is -0.147. The summed E-state index contributed by atoms with van der Waals surface area (Å²) in [5, 5.41) is 23.9. The van der Waals surface area contributed by atoms with Crippen molar-refractivity contribution >= 4 is 18.0 Å². The number of amides is 2. The van der Waals surface area contributed by atoms with Gasteiger partial charge in [-0.2, -0.15) is 0 Å². The lowest BCUT2D eigenvalue weighted by atomic mass is 9.83. The second kappa shape index (κ2) is 9.70. The van der Waals surface area contributed by atoms with Crippen molar-refractivity contribution in [3.8, 4) is 11.1 Å². The van der Waals surface area contributed by atoms with E-state index in [9.17, 15) is 19.5 Å². The summed E-state index contributed by atoms with van der Waals surface area (Å²) in [6.45, 7) is 0.280. The number of aliphatic carboxylic acids is 1. The number of nitrogens with one attached hydrogen (secondary N) is 2. The maximum absolute atomic E-state index is 12.9. The standard InChI is InChI=1S/C27H30N2O6/c30-22(26(32)33)11-12-28-25(31)23-15-9-10-16(13-15)24(23)29-27(34)35-14-21-19-7-3-1-5-17(19)18-6-2-4-8-20(18)21/h1-8,15-16,21-24,30H,9-14H2,(H,28,31)(H,29,34)(H,32,33)/t15?,16?,22-,23?,24?/m0/s1. The van der Waals surface area contributed by atoms with Crippen LogP contribution in [-0.2, 0) is 14.3 Å². The van der Waals surface area contributed by atoms with E-state index in [1.165, 1.54) is 0 Å². The van der Waals surface area contributed by atoms with Crippen molar-refractivity contribution in [1.82, 2.24) is 10.6 Å². The van der Waals surface area contributed by atoms with Gasteiger partial charge in [0, 0.05) is 24.9 Å². The molecule has 5 rings (SSSR count). The molecule has 0 heterocycles. The van der Waals surface area contributed by atoms with Crippen molar-refractivity contribution in [1.29, 1.82) is 0 Å². The smallest absolute Gasteiger partial charge is 0.407 e. The lowest BCUT2D eigenvalue weighted by Crippen LogP contribution is -2.50. The molecule has 0 aromatic heterocycles. The maximum Gasteiger partial charge on any atom is 0.407 e. The second-order valence-electron chi connectivity index (χ2n) is 9.79. The first-order valence-corrected chi connectivity index (χ1v) is 12.2. The number of carbonyl (C=O) groups is 3. The Labute approximate surface area is 203 Å². The summed E-state index contributed by atoms with van der Waals surface area (Å²) in [6, 6.07) is 16.0. The van der Waals surface area contributed by atoms with Crippen LogP contribution in [0, 0.1) is 17.8 Å². The summed E-state index contributed by atoms with van der Waals surface area (Å²) < 4.78 is 5.70. The highest BCUT2D eigenvalue weighted by Gasteiger charge is 2.51. The molecule has 2 bridgehead atoms. The molecule has 2 aromatic rings. The molecule has 4 unspecified atom stereocenters. The molecule has 0 saturated heterocycles. The van der Waals surface area contributed by atoms with Gasteiger partial charge < -0.3 is 25.6 Å². The molecule has 2 amide bonds. The molecule has 0 aliphatic heterocycles. The van der Waals surface area contributed by atoms with Crippen molar-refractivity contribution in [2.45, 2.75) is 43.7 Å². The van der Waals surface area contributed by atoms with E-state index in [1.807, 2.05) is 24.3 Å². The number of carboxylic acids is 1. The van der Waals surface area contributed by atoms with Crippen molar-refractivity contribution in [2.24, 2.45) is 17.8 Å². The molecule has 2 saturated carbocycles. The number of ether oxygens (including phenoxy) is 1. The Morgan fingerprint density at radius 1 is 0.971 bits per heavy atom. The molecule has 35 heavy (non-hydrogen) atoms. The van der Waals surface area contributed by atoms with E-state index in [2.05, 4.69) is 34.9 Å². The van der Waals surface area contributed by atoms with Gasteiger partial charge in [-0.1, -0.05) is 48.5 Å². The first kappa shape index (κ1) is 23.4. The molecule has 2 fully saturated rings. The molecule has 8 heteroatoms. The van der Waals surface area contributed by atoms with E-state index in [1.54, 1.807) is 0 Å². The summed E-state index contributed by atoms with van der Waals surface area (Å²) >= 11 is 0. The molecule has 0 spiro atoms. The summed E-state index contributed by atoms with van der Waals surface area (Å²) in [7, 11) is 0. The highest BCUT2D eigenvalue weighted by atomic mass is 16.5. The zero-order valence-electron chi connectivity index (χ0n) is 19.4. The van der Waals surface area contributed by atoms with E-state index in [4.69, 9.17) is 9.84 Å². The van der Waals surface area contributed by atoms with Crippen LogP contribution in [0.1, 0.15) is 42.7 Å². The minimum Gasteiger partial charge on any atom is -0.479 e. The number of alkyl carbamates (subject to hydrolysis) is 1. The van der Waals surface area contributed by atoms with Crippen LogP contribution in [-0.4, -0.2) is 53.5 Å². The minimum absolute atomic E-state index is 0.0343. The van der Waals surface area contributed by atoms with Gasteiger partial charge in [-0.05, 0) is 53.4 Å². The number of aliphatic hydroxyl groups excluding tert-OH is 1. The zero-order valence-corrected chi connectivity index (χ0v) is 19.4. The number of aliphatic hydroxyl groups is 1. The van der Waals surface area contributed by atoms with Crippen LogP contribution in [0.2, 0.25) is 0 Å². The second-order valence-corrected chi connectivity index (χ2v) is 9.79. The Morgan fingerprint density at radius 3 is 2.26 bits per heavy atom. The van der Waals surface area contributed by atoms with Crippen LogP contribution >= 0.6 is 0 Å². The molecule has 8 nitrogen and oxygen atoms in total. The molecule has 4 N–H and O–H groups in total. The first-order valence-electron chi connectivity index (χ1n) is 12.2. The highest BCUT2D eigenvalue weighted by molar-refractivity contribution is 5.82. The number of carboxylic acid groups (broad SMARTS) is 1. The van der Waals surface area contributed by atoms with Crippen LogP contribution in [0.4, 0.5) is 4.79 Å². The van der Waals surface area contributed by atoms with Gasteiger partial charge in [-0.25, -0.2) is 9.59 Å². The van der Waals surface area contributed by atoms with E-state index in [0.29, 0.717) is 0 Å². The summed E-state index contributed by atoms with van der Waals surface area (Å²) in [5.74, 6) is -1.53. The van der Waals surface area contributed by atoms with Crippen molar-refractivity contribution in [3.05, 3.63) is 59.7 Å². The van der Waals surface area contributed by atoms with E-state index in [-0.39, 0.29) is 55.2 Å². The Bertz CT molecular complexity index is 1090. The van der Waals surface area contributed by atoms with Gasteiger partial charge in [0.05, 0.1) is 5.92 Å². The van der Waals surface area contributed by atoms with Crippen molar-refractivity contribution in [2.75, 3.05) is 13.2 Å². The van der Waals surface area contributed by atoms with Gasteiger partial charge in [0.25, 0.3) is 0 Å². The predicted octanol–water partition coefficient (Wildman–Crippen LogP) is 2.89. The van der Waals surface area contributed by atoms with Crippen LogP contribution in [0.25, 0.3) is 11.1 Å². The minimum atomic E-state index is -1.51.